The molecule has 0 aliphatic carbocycles. The summed E-state index contributed by atoms with van der Waals surface area (Å²) >= 11 is 0. The Labute approximate surface area is 108 Å². The summed E-state index contributed by atoms with van der Waals surface area (Å²) in [5.74, 6) is -1.12. The van der Waals surface area contributed by atoms with Crippen molar-refractivity contribution in [3.8, 4) is 5.75 Å². The van der Waals surface area contributed by atoms with Crippen LogP contribution in [0.1, 0.15) is 12.5 Å². The second-order valence-electron chi connectivity index (χ2n) is 4.42. The molecule has 1 saturated heterocycles. The van der Waals surface area contributed by atoms with E-state index in [-0.39, 0.29) is 11.4 Å². The second-order valence-corrected chi connectivity index (χ2v) is 4.42. The molecule has 2 rings (SSSR count). The van der Waals surface area contributed by atoms with Crippen molar-refractivity contribution in [2.75, 3.05) is 18.9 Å². The maximum absolute atomic E-state index is 12.1. The third-order valence-electron chi connectivity index (χ3n) is 2.76. The van der Waals surface area contributed by atoms with Gasteiger partial charge >= 0.3 is 6.36 Å². The van der Waals surface area contributed by atoms with Crippen molar-refractivity contribution >= 4 is 5.69 Å². The summed E-state index contributed by atoms with van der Waals surface area (Å²) in [7, 11) is 0. The molecular weight excluding hydrogens is 263 g/mol. The predicted octanol–water partition coefficient (Wildman–Crippen LogP) is 2.47. The van der Waals surface area contributed by atoms with Crippen molar-refractivity contribution in [2.24, 2.45) is 0 Å². The van der Waals surface area contributed by atoms with Gasteiger partial charge in [-0.15, -0.1) is 13.2 Å². The zero-order valence-corrected chi connectivity index (χ0v) is 10.3. The Morgan fingerprint density at radius 3 is 2.47 bits per heavy atom. The molecule has 2 N–H and O–H groups in total. The highest BCUT2D eigenvalue weighted by Gasteiger charge is 2.33. The number of halogens is 3. The van der Waals surface area contributed by atoms with Crippen LogP contribution in [0.25, 0.3) is 0 Å². The van der Waals surface area contributed by atoms with Gasteiger partial charge in [-0.1, -0.05) is 6.07 Å². The summed E-state index contributed by atoms with van der Waals surface area (Å²) in [6, 6.07) is 3.84. The van der Waals surface area contributed by atoms with E-state index < -0.39 is 12.1 Å². The molecule has 19 heavy (non-hydrogen) atoms. The van der Waals surface area contributed by atoms with Gasteiger partial charge in [0, 0.05) is 18.2 Å². The summed E-state index contributed by atoms with van der Waals surface area (Å²) < 4.78 is 50.8. The monoisotopic (exact) mass is 277 g/mol. The largest absolute Gasteiger partial charge is 0.573 e. The van der Waals surface area contributed by atoms with Gasteiger partial charge in [-0.05, 0) is 18.6 Å². The highest BCUT2D eigenvalue weighted by molar-refractivity contribution is 5.51. The number of hydrogen-bond acceptors (Lipinski definition) is 4. The lowest BCUT2D eigenvalue weighted by Gasteiger charge is -2.23. The van der Waals surface area contributed by atoms with Gasteiger partial charge in [-0.2, -0.15) is 0 Å². The zero-order valence-electron chi connectivity index (χ0n) is 10.3. The molecular formula is C12H14F3NO3. The highest BCUT2D eigenvalue weighted by Crippen LogP contribution is 2.30. The van der Waals surface area contributed by atoms with Crippen molar-refractivity contribution in [3.63, 3.8) is 0 Å². The average Bonchev–Trinajstić information content (AvgIpc) is 2.67. The van der Waals surface area contributed by atoms with Crippen LogP contribution >= 0.6 is 0 Å². The molecule has 1 aliphatic rings. The maximum Gasteiger partial charge on any atom is 0.573 e. The van der Waals surface area contributed by atoms with E-state index in [1.54, 1.807) is 6.92 Å². The van der Waals surface area contributed by atoms with Crippen molar-refractivity contribution in [2.45, 2.75) is 25.5 Å². The fourth-order valence-electron chi connectivity index (χ4n) is 1.94. The third-order valence-corrected chi connectivity index (χ3v) is 2.76. The van der Waals surface area contributed by atoms with Crippen molar-refractivity contribution in [1.82, 2.24) is 0 Å². The number of rotatable bonds is 3. The topological polar surface area (TPSA) is 53.7 Å². The smallest absolute Gasteiger partial charge is 0.406 e. The van der Waals surface area contributed by atoms with E-state index in [0.717, 1.165) is 6.07 Å². The number of anilines is 1. The molecule has 0 amide bonds. The Kier molecular flexibility index (Phi) is 3.60. The van der Waals surface area contributed by atoms with Crippen LogP contribution in [0.5, 0.6) is 5.75 Å². The van der Waals surface area contributed by atoms with Crippen LogP contribution in [0.2, 0.25) is 0 Å². The second kappa shape index (κ2) is 4.90. The molecule has 0 aromatic heterocycles. The normalized spacial score (nSPS) is 18.5. The zero-order chi connectivity index (χ0) is 14.1. The van der Waals surface area contributed by atoms with Crippen LogP contribution < -0.4 is 10.5 Å². The summed E-state index contributed by atoms with van der Waals surface area (Å²) in [4.78, 5) is 0. The fraction of sp³-hybridized carbons (Fsp3) is 0.500. The number of benzene rings is 1. The van der Waals surface area contributed by atoms with Gasteiger partial charge in [-0.25, -0.2) is 0 Å². The van der Waals surface area contributed by atoms with Gasteiger partial charge in [0.25, 0.3) is 0 Å². The Morgan fingerprint density at radius 1 is 1.32 bits per heavy atom. The summed E-state index contributed by atoms with van der Waals surface area (Å²) in [5, 5.41) is 0. The molecule has 7 heteroatoms. The molecule has 1 heterocycles. The fourth-order valence-corrected chi connectivity index (χ4v) is 1.94. The molecule has 1 aliphatic heterocycles. The number of nitrogens with two attached hydrogens (primary N) is 1. The predicted molar refractivity (Wildman–Crippen MR) is 61.6 cm³/mol. The molecule has 0 bridgehead atoms. The Morgan fingerprint density at radius 2 is 1.95 bits per heavy atom. The molecule has 4 nitrogen and oxygen atoms in total. The van der Waals surface area contributed by atoms with Crippen LogP contribution in [0, 0.1) is 0 Å². The number of hydrogen-bond donors (Lipinski definition) is 1. The van der Waals surface area contributed by atoms with Gasteiger partial charge in [0.05, 0.1) is 13.2 Å². The van der Waals surface area contributed by atoms with Gasteiger partial charge in [0.15, 0.2) is 5.79 Å². The lowest BCUT2D eigenvalue weighted by atomic mass is 10.0. The molecule has 106 valence electrons. The molecule has 1 aromatic rings. The van der Waals surface area contributed by atoms with Crippen LogP contribution in [0.3, 0.4) is 0 Å². The summed E-state index contributed by atoms with van der Waals surface area (Å²) in [5.41, 5.74) is 6.58. The molecule has 0 radical (unpaired) electrons. The first-order valence-corrected chi connectivity index (χ1v) is 5.69. The molecule has 0 atom stereocenters. The van der Waals surface area contributed by atoms with E-state index in [1.807, 2.05) is 0 Å². The van der Waals surface area contributed by atoms with E-state index >= 15 is 0 Å². The van der Waals surface area contributed by atoms with Gasteiger partial charge in [0.1, 0.15) is 5.75 Å². The first-order chi connectivity index (χ1) is 8.77. The van der Waals surface area contributed by atoms with Crippen LogP contribution in [-0.2, 0) is 15.9 Å². The van der Waals surface area contributed by atoms with Crippen molar-refractivity contribution in [3.05, 3.63) is 23.8 Å². The van der Waals surface area contributed by atoms with E-state index in [1.165, 1.54) is 12.1 Å². The lowest BCUT2D eigenvalue weighted by Crippen LogP contribution is -2.28. The van der Waals surface area contributed by atoms with Crippen molar-refractivity contribution < 1.29 is 27.4 Å². The number of ether oxygens (including phenoxy) is 3. The molecule has 0 saturated carbocycles. The van der Waals surface area contributed by atoms with E-state index in [4.69, 9.17) is 15.2 Å². The first kappa shape index (κ1) is 14.0. The molecule has 1 aromatic carbocycles. The van der Waals surface area contributed by atoms with E-state index in [2.05, 4.69) is 4.74 Å². The third kappa shape index (κ3) is 3.74. The van der Waals surface area contributed by atoms with Crippen molar-refractivity contribution in [1.29, 1.82) is 0 Å². The Bertz CT molecular complexity index is 456. The van der Waals surface area contributed by atoms with Gasteiger partial charge in [0.2, 0.25) is 0 Å². The molecule has 0 unspecified atom stereocenters. The molecule has 0 spiro atoms. The van der Waals surface area contributed by atoms with Gasteiger partial charge in [-0.3, -0.25) is 0 Å². The summed E-state index contributed by atoms with van der Waals surface area (Å²) in [6.45, 7) is 2.75. The standard InChI is InChI=1S/C12H14F3NO3/c1-11(17-4-5-18-11)7-8-2-3-9(6-10(8)16)19-12(13,14)15/h2-3,6H,4-5,7,16H2,1H3. The molecule has 1 fully saturated rings. The first-order valence-electron chi connectivity index (χ1n) is 5.69. The number of nitrogen functional groups attached to an aromatic ring is 1. The lowest BCUT2D eigenvalue weighted by molar-refractivity contribution is -0.274. The van der Waals surface area contributed by atoms with Crippen LogP contribution in [-0.4, -0.2) is 25.4 Å². The summed E-state index contributed by atoms with van der Waals surface area (Å²) in [6.07, 6.45) is -4.36. The minimum Gasteiger partial charge on any atom is -0.406 e. The maximum atomic E-state index is 12.1. The number of alkyl halides is 3. The minimum absolute atomic E-state index is 0.210. The average molecular weight is 277 g/mol. The Balaban J connectivity index is 2.11. The van der Waals surface area contributed by atoms with E-state index in [0.29, 0.717) is 25.2 Å². The Hall–Kier alpha value is -1.47. The van der Waals surface area contributed by atoms with Crippen LogP contribution in [0.15, 0.2) is 18.2 Å². The quantitative estimate of drug-likeness (QED) is 0.862. The van der Waals surface area contributed by atoms with Gasteiger partial charge < -0.3 is 19.9 Å². The SMILES string of the molecule is CC1(Cc2ccc(OC(F)(F)F)cc2N)OCCO1. The highest BCUT2D eigenvalue weighted by atomic mass is 19.4. The van der Waals surface area contributed by atoms with Crippen LogP contribution in [0.4, 0.5) is 18.9 Å². The minimum atomic E-state index is -4.72. The van der Waals surface area contributed by atoms with E-state index in [9.17, 15) is 13.2 Å².